The second-order valence-corrected chi connectivity index (χ2v) is 6.14. The molecule has 0 aliphatic carbocycles. The molecule has 5 nitrogen and oxygen atoms in total. The number of rotatable bonds is 5. The van der Waals surface area contributed by atoms with E-state index >= 15 is 0 Å². The predicted octanol–water partition coefficient (Wildman–Crippen LogP) is -3.64. The summed E-state index contributed by atoms with van der Waals surface area (Å²) in [7, 11) is 5.95. The van der Waals surface area contributed by atoms with E-state index in [2.05, 4.69) is 0 Å². The third-order valence-corrected chi connectivity index (χ3v) is 4.60. The van der Waals surface area contributed by atoms with E-state index in [9.17, 15) is 0 Å². The monoisotopic (exact) mass is 322 g/mol. The number of quaternary nitrogens is 1. The fraction of sp³-hybridized carbons (Fsp3) is 1.00. The topological polar surface area (TPSA) is 53.7 Å². The Labute approximate surface area is 98.1 Å². The molecule has 0 radical (unpaired) electrons. The zero-order valence-electron chi connectivity index (χ0n) is 8.83. The van der Waals surface area contributed by atoms with Gasteiger partial charge in [0.25, 0.3) is 0 Å². The second-order valence-electron chi connectivity index (χ2n) is 3.23. The van der Waals surface area contributed by atoms with E-state index in [0.29, 0.717) is 6.17 Å². The Morgan fingerprint density at radius 3 is 1.46 bits per heavy atom. The van der Waals surface area contributed by atoms with Gasteiger partial charge in [-0.05, 0) is 0 Å². The van der Waals surface area contributed by atoms with Crippen molar-refractivity contribution in [2.24, 2.45) is 5.84 Å². The van der Waals surface area contributed by atoms with Crippen molar-refractivity contribution in [3.8, 4) is 0 Å². The first-order chi connectivity index (χ1) is 5.39. The van der Waals surface area contributed by atoms with Crippen LogP contribution in [0.25, 0.3) is 0 Å². The molecule has 0 aromatic carbocycles. The number of hydrogen-bond acceptors (Lipinski definition) is 4. The number of nitrogens with two attached hydrogens (primary N) is 1. The Bertz CT molecular complexity index is 130. The highest BCUT2D eigenvalue weighted by Gasteiger charge is 2.44. The van der Waals surface area contributed by atoms with Gasteiger partial charge in [0.05, 0.1) is 14.1 Å². The molecule has 0 fully saturated rings. The summed E-state index contributed by atoms with van der Waals surface area (Å²) < 4.78 is 15.9. The van der Waals surface area contributed by atoms with Crippen molar-refractivity contribution in [3.05, 3.63) is 0 Å². The molecular weight excluding hydrogens is 303 g/mol. The van der Waals surface area contributed by atoms with Crippen molar-refractivity contribution in [1.29, 1.82) is 0 Å². The molecule has 0 spiro atoms. The van der Waals surface area contributed by atoms with Crippen LogP contribution in [-0.2, 0) is 13.3 Å². The van der Waals surface area contributed by atoms with Crippen molar-refractivity contribution < 1.29 is 41.8 Å². The van der Waals surface area contributed by atoms with Gasteiger partial charge in [-0.15, -0.1) is 0 Å². The van der Waals surface area contributed by atoms with Gasteiger partial charge in [0, 0.05) is 21.3 Å². The van der Waals surface area contributed by atoms with Crippen LogP contribution < -0.4 is 29.8 Å². The number of nitrogens with zero attached hydrogens (tertiary/aromatic N) is 1. The highest BCUT2D eigenvalue weighted by atomic mass is 127. The molecule has 0 saturated carbocycles. The molecule has 0 bridgehead atoms. The van der Waals surface area contributed by atoms with Gasteiger partial charge in [0.15, 0.2) is 6.17 Å². The Morgan fingerprint density at radius 2 is 1.38 bits per heavy atom. The van der Waals surface area contributed by atoms with Crippen LogP contribution in [0.1, 0.15) is 0 Å². The average Bonchev–Trinajstić information content (AvgIpc) is 1.99. The maximum absolute atomic E-state index is 5.78. The van der Waals surface area contributed by atoms with Crippen molar-refractivity contribution in [2.75, 3.05) is 41.6 Å². The molecule has 0 atom stereocenters. The summed E-state index contributed by atoms with van der Waals surface area (Å²) in [4.78, 5) is 0. The Morgan fingerprint density at radius 1 is 1.08 bits per heavy atom. The fourth-order valence-corrected chi connectivity index (χ4v) is 2.83. The first kappa shape index (κ1) is 16.2. The molecule has 0 saturated heterocycles. The molecule has 0 aliphatic rings. The first-order valence-corrected chi connectivity index (χ1v) is 5.59. The maximum Gasteiger partial charge on any atom is 0.560 e. The van der Waals surface area contributed by atoms with Crippen LogP contribution in [-0.4, -0.2) is 55.0 Å². The third kappa shape index (κ3) is 5.94. The van der Waals surface area contributed by atoms with Crippen LogP contribution in [0, 0.1) is 0 Å². The Hall–Kier alpha value is 0.747. The van der Waals surface area contributed by atoms with Crippen LogP contribution in [0.15, 0.2) is 0 Å². The van der Waals surface area contributed by atoms with Crippen LogP contribution >= 0.6 is 0 Å². The van der Waals surface area contributed by atoms with E-state index in [4.69, 9.17) is 19.1 Å². The predicted molar refractivity (Wildman–Crippen MR) is 47.9 cm³/mol. The van der Waals surface area contributed by atoms with E-state index in [1.807, 2.05) is 14.1 Å². The third-order valence-electron chi connectivity index (χ3n) is 1.53. The SMILES string of the molecule is CO[Si](C[N+](C)(C)N)(OC)OC.[I-]. The summed E-state index contributed by atoms with van der Waals surface area (Å²) in [6.45, 7) is 0. The van der Waals surface area contributed by atoms with Gasteiger partial charge in [-0.3, -0.25) is 0 Å². The summed E-state index contributed by atoms with van der Waals surface area (Å²) >= 11 is 0. The van der Waals surface area contributed by atoms with E-state index in [1.165, 1.54) is 0 Å². The van der Waals surface area contributed by atoms with Crippen molar-refractivity contribution in [3.63, 3.8) is 0 Å². The lowest BCUT2D eigenvalue weighted by atomic mass is 10.9. The van der Waals surface area contributed by atoms with Gasteiger partial charge in [0.2, 0.25) is 0 Å². The van der Waals surface area contributed by atoms with E-state index in [-0.39, 0.29) is 28.6 Å². The highest BCUT2D eigenvalue weighted by molar-refractivity contribution is 6.60. The minimum absolute atomic E-state index is 0. The van der Waals surface area contributed by atoms with Crippen LogP contribution in [0.3, 0.4) is 0 Å². The summed E-state index contributed by atoms with van der Waals surface area (Å²) in [5.74, 6) is 5.78. The second kappa shape index (κ2) is 6.27. The van der Waals surface area contributed by atoms with E-state index in [1.54, 1.807) is 21.3 Å². The normalized spacial score (nSPS) is 12.5. The van der Waals surface area contributed by atoms with Gasteiger partial charge < -0.3 is 37.3 Å². The molecule has 82 valence electrons. The van der Waals surface area contributed by atoms with Crippen LogP contribution in [0.4, 0.5) is 0 Å². The average molecular weight is 322 g/mol. The molecule has 0 unspecified atom stereocenters. The largest absolute Gasteiger partial charge is 1.00 e. The molecule has 13 heavy (non-hydrogen) atoms. The van der Waals surface area contributed by atoms with Gasteiger partial charge >= 0.3 is 8.80 Å². The van der Waals surface area contributed by atoms with Gasteiger partial charge in [-0.1, -0.05) is 0 Å². The van der Waals surface area contributed by atoms with Crippen LogP contribution in [0.5, 0.6) is 0 Å². The van der Waals surface area contributed by atoms with E-state index < -0.39 is 8.80 Å². The molecule has 2 N–H and O–H groups in total. The lowest BCUT2D eigenvalue weighted by Gasteiger charge is -2.31. The minimum atomic E-state index is -2.51. The summed E-state index contributed by atoms with van der Waals surface area (Å²) in [6.07, 6.45) is 0.552. The van der Waals surface area contributed by atoms with E-state index in [0.717, 1.165) is 0 Å². The maximum atomic E-state index is 5.78. The molecule has 7 heteroatoms. The van der Waals surface area contributed by atoms with Crippen molar-refractivity contribution >= 4 is 8.80 Å². The molecule has 0 amide bonds. The fourth-order valence-electron chi connectivity index (χ4n) is 0.943. The quantitative estimate of drug-likeness (QED) is 0.187. The zero-order valence-corrected chi connectivity index (χ0v) is 12.0. The van der Waals surface area contributed by atoms with Gasteiger partial charge in [-0.25, -0.2) is 4.59 Å². The molecule has 0 rings (SSSR count). The smallest absolute Gasteiger partial charge is 0.560 e. The lowest BCUT2D eigenvalue weighted by molar-refractivity contribution is -0.894. The van der Waals surface area contributed by atoms with Gasteiger partial charge in [-0.2, -0.15) is 5.84 Å². The molecule has 0 heterocycles. The van der Waals surface area contributed by atoms with Crippen molar-refractivity contribution in [2.45, 2.75) is 0 Å². The van der Waals surface area contributed by atoms with Gasteiger partial charge in [0.1, 0.15) is 0 Å². The lowest BCUT2D eigenvalue weighted by Crippen LogP contribution is -3.00. The minimum Gasteiger partial charge on any atom is -1.00 e. The molecular formula is C6H19IN2O3Si. The molecule has 0 aromatic rings. The summed E-state index contributed by atoms with van der Waals surface area (Å²) in [5, 5.41) is 0. The van der Waals surface area contributed by atoms with Crippen LogP contribution in [0.2, 0.25) is 0 Å². The molecule has 0 aliphatic heterocycles. The standard InChI is InChI=1S/C6H19N2O3Si.HI/c1-8(2,7)6-12(9-3,10-4)11-5;/h6-7H2,1-5H3;1H/q+1;/p-1. The Balaban J connectivity index is 0. The number of hydrogen-bond donors (Lipinski definition) is 1. The first-order valence-electron chi connectivity index (χ1n) is 3.66. The summed E-state index contributed by atoms with van der Waals surface area (Å²) in [6, 6.07) is 0. The zero-order chi connectivity index (χ0) is 9.83. The highest BCUT2D eigenvalue weighted by Crippen LogP contribution is 2.08. The Kier molecular flexibility index (Phi) is 7.81. The molecule has 0 aromatic heterocycles. The summed E-state index contributed by atoms with van der Waals surface area (Å²) in [5.41, 5.74) is 0. The number of halogens is 1. The van der Waals surface area contributed by atoms with Crippen molar-refractivity contribution in [1.82, 2.24) is 0 Å².